The van der Waals surface area contributed by atoms with Crippen LogP contribution in [0.2, 0.25) is 0 Å². The van der Waals surface area contributed by atoms with Gasteiger partial charge in [0, 0.05) is 33.6 Å². The molecule has 0 fully saturated rings. The van der Waals surface area contributed by atoms with Crippen LogP contribution in [0.3, 0.4) is 0 Å². The highest BCUT2D eigenvalue weighted by Gasteiger charge is 2.02. The summed E-state index contributed by atoms with van der Waals surface area (Å²) in [4.78, 5) is 24.0. The molecule has 0 radical (unpaired) electrons. The summed E-state index contributed by atoms with van der Waals surface area (Å²) in [6.07, 6.45) is 0.495. The van der Waals surface area contributed by atoms with Gasteiger partial charge in [-0.2, -0.15) is 0 Å². The summed E-state index contributed by atoms with van der Waals surface area (Å²) < 4.78 is 0. The van der Waals surface area contributed by atoms with Crippen molar-refractivity contribution in [3.63, 3.8) is 0 Å². The maximum atomic E-state index is 11.4. The smallest absolute Gasteiger partial charge is 0.317 e. The average molecular weight is 293 g/mol. The Kier molecular flexibility index (Phi) is 9.67. The Hall–Kier alpha value is -2.04. The van der Waals surface area contributed by atoms with Gasteiger partial charge >= 0.3 is 6.03 Å². The SMILES string of the molecule is CC.CCC(=O)NCc1ccc(CNC(=O)N(C)C)cc1. The fraction of sp³-hybridized carbons (Fsp3) is 0.500. The molecule has 0 bridgehead atoms. The van der Waals surface area contributed by atoms with Crippen LogP contribution in [0.1, 0.15) is 38.3 Å². The van der Waals surface area contributed by atoms with Crippen molar-refractivity contribution in [1.82, 2.24) is 15.5 Å². The van der Waals surface area contributed by atoms with Crippen LogP contribution in [-0.2, 0) is 17.9 Å². The normalized spacial score (nSPS) is 9.19. The number of carbonyl (C=O) groups is 2. The zero-order chi connectivity index (χ0) is 16.3. The van der Waals surface area contributed by atoms with Crippen molar-refractivity contribution < 1.29 is 9.59 Å². The van der Waals surface area contributed by atoms with Gasteiger partial charge in [-0.3, -0.25) is 4.79 Å². The Bertz CT molecular complexity index is 428. The van der Waals surface area contributed by atoms with Crippen LogP contribution in [-0.4, -0.2) is 30.9 Å². The standard InChI is InChI=1S/C14H21N3O2.C2H6/c1-4-13(18)15-9-11-5-7-12(8-6-11)10-16-14(19)17(2)3;1-2/h5-8H,4,9-10H2,1-3H3,(H,15,18)(H,16,19);1-2H3. The second-order valence-corrected chi connectivity index (χ2v) is 4.50. The first-order valence-electron chi connectivity index (χ1n) is 7.32. The minimum atomic E-state index is -0.112. The molecule has 0 saturated heterocycles. The third kappa shape index (κ3) is 7.97. The van der Waals surface area contributed by atoms with Crippen molar-refractivity contribution in [2.24, 2.45) is 0 Å². The lowest BCUT2D eigenvalue weighted by atomic mass is 10.1. The van der Waals surface area contributed by atoms with Crippen molar-refractivity contribution in [2.75, 3.05) is 14.1 Å². The van der Waals surface area contributed by atoms with E-state index in [0.717, 1.165) is 11.1 Å². The van der Waals surface area contributed by atoms with E-state index in [1.807, 2.05) is 45.0 Å². The number of amides is 3. The largest absolute Gasteiger partial charge is 0.352 e. The van der Waals surface area contributed by atoms with E-state index < -0.39 is 0 Å². The van der Waals surface area contributed by atoms with Crippen LogP contribution in [0.15, 0.2) is 24.3 Å². The maximum Gasteiger partial charge on any atom is 0.317 e. The molecule has 21 heavy (non-hydrogen) atoms. The van der Waals surface area contributed by atoms with Gasteiger partial charge in [-0.1, -0.05) is 45.0 Å². The monoisotopic (exact) mass is 293 g/mol. The molecule has 2 N–H and O–H groups in total. The molecule has 0 unspecified atom stereocenters. The molecule has 0 saturated carbocycles. The number of urea groups is 1. The molecule has 0 aliphatic rings. The molecule has 0 spiro atoms. The molecule has 0 heterocycles. The quantitative estimate of drug-likeness (QED) is 0.876. The van der Waals surface area contributed by atoms with E-state index in [4.69, 9.17) is 0 Å². The van der Waals surface area contributed by atoms with Crippen LogP contribution < -0.4 is 10.6 Å². The first kappa shape index (κ1) is 19.0. The van der Waals surface area contributed by atoms with E-state index in [0.29, 0.717) is 19.5 Å². The van der Waals surface area contributed by atoms with E-state index in [-0.39, 0.29) is 11.9 Å². The Morgan fingerprint density at radius 3 is 1.76 bits per heavy atom. The molecule has 1 rings (SSSR count). The van der Waals surface area contributed by atoms with Crippen LogP contribution in [0.5, 0.6) is 0 Å². The maximum absolute atomic E-state index is 11.4. The Morgan fingerprint density at radius 2 is 1.38 bits per heavy atom. The van der Waals surface area contributed by atoms with Crippen LogP contribution in [0.4, 0.5) is 4.79 Å². The summed E-state index contributed by atoms with van der Waals surface area (Å²) in [6.45, 7) is 6.86. The van der Waals surface area contributed by atoms with Gasteiger partial charge in [0.15, 0.2) is 0 Å². The molecule has 118 valence electrons. The second-order valence-electron chi connectivity index (χ2n) is 4.50. The summed E-state index contributed by atoms with van der Waals surface area (Å²) in [5.41, 5.74) is 2.07. The van der Waals surface area contributed by atoms with Crippen molar-refractivity contribution in [3.05, 3.63) is 35.4 Å². The van der Waals surface area contributed by atoms with Gasteiger partial charge in [-0.25, -0.2) is 4.79 Å². The fourth-order valence-corrected chi connectivity index (χ4v) is 1.44. The molecular weight excluding hydrogens is 266 g/mol. The summed E-state index contributed by atoms with van der Waals surface area (Å²) in [7, 11) is 3.41. The average Bonchev–Trinajstić information content (AvgIpc) is 2.52. The summed E-state index contributed by atoms with van der Waals surface area (Å²) in [5, 5.41) is 5.61. The number of hydrogen-bond donors (Lipinski definition) is 2. The van der Waals surface area contributed by atoms with Crippen molar-refractivity contribution in [3.8, 4) is 0 Å². The molecule has 0 atom stereocenters. The van der Waals surface area contributed by atoms with Crippen molar-refractivity contribution in [1.29, 1.82) is 0 Å². The van der Waals surface area contributed by atoms with Crippen molar-refractivity contribution in [2.45, 2.75) is 40.3 Å². The first-order chi connectivity index (χ1) is 10.0. The predicted molar refractivity (Wildman–Crippen MR) is 85.9 cm³/mol. The van der Waals surface area contributed by atoms with Gasteiger partial charge in [0.05, 0.1) is 0 Å². The lowest BCUT2D eigenvalue weighted by molar-refractivity contribution is -0.120. The van der Waals surface area contributed by atoms with Gasteiger partial charge in [0.25, 0.3) is 0 Å². The number of hydrogen-bond acceptors (Lipinski definition) is 2. The number of nitrogens with one attached hydrogen (secondary N) is 2. The Labute approximate surface area is 127 Å². The molecule has 5 nitrogen and oxygen atoms in total. The molecule has 5 heteroatoms. The predicted octanol–water partition coefficient (Wildman–Crippen LogP) is 2.51. The molecular formula is C16H27N3O2. The highest BCUT2D eigenvalue weighted by atomic mass is 16.2. The first-order valence-corrected chi connectivity index (χ1v) is 7.32. The van der Waals surface area contributed by atoms with Gasteiger partial charge in [0.2, 0.25) is 5.91 Å². The highest BCUT2D eigenvalue weighted by Crippen LogP contribution is 2.04. The summed E-state index contributed by atoms with van der Waals surface area (Å²) in [6, 6.07) is 7.69. The molecule has 0 aliphatic heterocycles. The molecule has 1 aromatic carbocycles. The van der Waals surface area contributed by atoms with Crippen LogP contribution in [0, 0.1) is 0 Å². The lowest BCUT2D eigenvalue weighted by Gasteiger charge is -2.12. The zero-order valence-corrected chi connectivity index (χ0v) is 13.7. The number of benzene rings is 1. The number of carbonyl (C=O) groups excluding carboxylic acids is 2. The summed E-state index contributed by atoms with van der Waals surface area (Å²) >= 11 is 0. The number of rotatable bonds is 5. The highest BCUT2D eigenvalue weighted by molar-refractivity contribution is 5.75. The lowest BCUT2D eigenvalue weighted by Crippen LogP contribution is -2.33. The molecule has 0 aromatic heterocycles. The van der Waals surface area contributed by atoms with Crippen LogP contribution >= 0.6 is 0 Å². The minimum Gasteiger partial charge on any atom is -0.352 e. The molecule has 0 aliphatic carbocycles. The van der Waals surface area contributed by atoms with E-state index in [1.54, 1.807) is 14.1 Å². The summed E-state index contributed by atoms with van der Waals surface area (Å²) in [5.74, 6) is 0.0438. The third-order valence-electron chi connectivity index (χ3n) is 2.68. The minimum absolute atomic E-state index is 0.0438. The Balaban J connectivity index is 0.00000191. The van der Waals surface area contributed by atoms with Gasteiger partial charge in [-0.05, 0) is 11.1 Å². The van der Waals surface area contributed by atoms with Crippen molar-refractivity contribution >= 4 is 11.9 Å². The van der Waals surface area contributed by atoms with Gasteiger partial charge in [0.1, 0.15) is 0 Å². The van der Waals surface area contributed by atoms with Crippen LogP contribution in [0.25, 0.3) is 0 Å². The Morgan fingerprint density at radius 1 is 0.952 bits per heavy atom. The van der Waals surface area contributed by atoms with E-state index in [1.165, 1.54) is 4.90 Å². The molecule has 3 amide bonds. The number of nitrogens with zero attached hydrogens (tertiary/aromatic N) is 1. The van der Waals surface area contributed by atoms with E-state index in [2.05, 4.69) is 10.6 Å². The van der Waals surface area contributed by atoms with Gasteiger partial charge in [-0.15, -0.1) is 0 Å². The van der Waals surface area contributed by atoms with E-state index in [9.17, 15) is 9.59 Å². The molecule has 1 aromatic rings. The van der Waals surface area contributed by atoms with E-state index >= 15 is 0 Å². The second kappa shape index (κ2) is 10.7. The van der Waals surface area contributed by atoms with Gasteiger partial charge < -0.3 is 15.5 Å². The zero-order valence-electron chi connectivity index (χ0n) is 13.7. The topological polar surface area (TPSA) is 61.4 Å². The third-order valence-corrected chi connectivity index (χ3v) is 2.68. The fourth-order valence-electron chi connectivity index (χ4n) is 1.44.